The minimum atomic E-state index is -0.890. The molecule has 0 bridgehead atoms. The van der Waals surface area contributed by atoms with Gasteiger partial charge in [0.05, 0.1) is 25.2 Å². The molecule has 1 aromatic rings. The third kappa shape index (κ3) is 2.53. The number of ether oxygens (including phenoxy) is 2. The van der Waals surface area contributed by atoms with Gasteiger partial charge in [0.2, 0.25) is 0 Å². The van der Waals surface area contributed by atoms with Gasteiger partial charge in [-0.2, -0.15) is 0 Å². The molecule has 7 heteroatoms. The van der Waals surface area contributed by atoms with Crippen LogP contribution in [0, 0.1) is 11.7 Å². The third-order valence-electron chi connectivity index (χ3n) is 3.42. The van der Waals surface area contributed by atoms with Crippen molar-refractivity contribution in [3.05, 3.63) is 22.5 Å². The highest BCUT2D eigenvalue weighted by molar-refractivity contribution is 6.31. The summed E-state index contributed by atoms with van der Waals surface area (Å²) in [6.45, 7) is 0.304. The lowest BCUT2D eigenvalue weighted by molar-refractivity contribution is -0.141. The summed E-state index contributed by atoms with van der Waals surface area (Å²) >= 11 is 6.02. The van der Waals surface area contributed by atoms with Crippen LogP contribution in [0.3, 0.4) is 0 Å². The van der Waals surface area contributed by atoms with Crippen LogP contribution in [-0.4, -0.2) is 31.8 Å². The summed E-state index contributed by atoms with van der Waals surface area (Å²) in [5.41, 5.74) is 0.398. The second-order valence-electron chi connectivity index (χ2n) is 4.55. The SMILES string of the molecule is COc1cc(F)c(Cl)c(C2CC(C(=O)O)CN2)c1OC. The highest BCUT2D eigenvalue weighted by atomic mass is 35.5. The average Bonchev–Trinajstić information content (AvgIpc) is 2.90. The molecule has 2 rings (SSSR count). The van der Waals surface area contributed by atoms with Crippen molar-refractivity contribution in [3.8, 4) is 11.5 Å². The molecule has 1 fully saturated rings. The summed E-state index contributed by atoms with van der Waals surface area (Å²) in [6.07, 6.45) is 0.317. The molecule has 1 aliphatic rings. The van der Waals surface area contributed by atoms with Crippen molar-refractivity contribution >= 4 is 17.6 Å². The van der Waals surface area contributed by atoms with E-state index in [2.05, 4.69) is 5.32 Å². The summed E-state index contributed by atoms with van der Waals surface area (Å²) in [7, 11) is 2.83. The Bertz CT molecular complexity index is 538. The van der Waals surface area contributed by atoms with Gasteiger partial charge in [0.25, 0.3) is 0 Å². The third-order valence-corrected chi connectivity index (χ3v) is 3.81. The molecule has 1 aliphatic heterocycles. The smallest absolute Gasteiger partial charge is 0.307 e. The Hall–Kier alpha value is -1.53. The second-order valence-corrected chi connectivity index (χ2v) is 4.93. The van der Waals surface area contributed by atoms with Crippen molar-refractivity contribution in [1.82, 2.24) is 5.32 Å². The van der Waals surface area contributed by atoms with Gasteiger partial charge in [-0.05, 0) is 6.42 Å². The van der Waals surface area contributed by atoms with E-state index in [1.165, 1.54) is 14.2 Å². The largest absolute Gasteiger partial charge is 0.493 e. The van der Waals surface area contributed by atoms with Crippen LogP contribution in [0.25, 0.3) is 0 Å². The van der Waals surface area contributed by atoms with Gasteiger partial charge in [0.1, 0.15) is 5.82 Å². The van der Waals surface area contributed by atoms with Crippen molar-refractivity contribution in [2.24, 2.45) is 5.92 Å². The number of carboxylic acid groups (broad SMARTS) is 1. The number of methoxy groups -OCH3 is 2. The monoisotopic (exact) mass is 303 g/mol. The molecule has 1 heterocycles. The second kappa shape index (κ2) is 5.85. The van der Waals surface area contributed by atoms with Crippen LogP contribution >= 0.6 is 11.6 Å². The maximum Gasteiger partial charge on any atom is 0.307 e. The molecule has 0 spiro atoms. The molecule has 1 saturated heterocycles. The van der Waals surface area contributed by atoms with Gasteiger partial charge in [-0.25, -0.2) is 4.39 Å². The van der Waals surface area contributed by atoms with Crippen LogP contribution in [0.5, 0.6) is 11.5 Å². The molecule has 2 atom stereocenters. The number of nitrogens with one attached hydrogen (secondary N) is 1. The summed E-state index contributed by atoms with van der Waals surface area (Å²) in [6, 6.07) is 0.761. The number of aliphatic carboxylic acids is 1. The summed E-state index contributed by atoms with van der Waals surface area (Å²) in [5.74, 6) is -1.50. The number of hydrogen-bond acceptors (Lipinski definition) is 4. The number of carboxylic acids is 1. The number of benzene rings is 1. The van der Waals surface area contributed by atoms with Gasteiger partial charge in [-0.1, -0.05) is 11.6 Å². The molecular weight excluding hydrogens is 289 g/mol. The van der Waals surface area contributed by atoms with Gasteiger partial charge in [-0.3, -0.25) is 4.79 Å². The van der Waals surface area contributed by atoms with Crippen LogP contribution in [0.2, 0.25) is 5.02 Å². The lowest BCUT2D eigenvalue weighted by Gasteiger charge is -2.19. The Morgan fingerprint density at radius 3 is 2.70 bits per heavy atom. The molecule has 110 valence electrons. The topological polar surface area (TPSA) is 67.8 Å². The maximum absolute atomic E-state index is 13.8. The van der Waals surface area contributed by atoms with E-state index in [-0.39, 0.29) is 16.8 Å². The van der Waals surface area contributed by atoms with Crippen LogP contribution in [0.15, 0.2) is 6.07 Å². The highest BCUT2D eigenvalue weighted by Gasteiger charge is 2.34. The zero-order valence-corrected chi connectivity index (χ0v) is 11.8. The van der Waals surface area contributed by atoms with Crippen molar-refractivity contribution < 1.29 is 23.8 Å². The molecule has 0 saturated carbocycles. The van der Waals surface area contributed by atoms with Crippen LogP contribution < -0.4 is 14.8 Å². The molecular formula is C13H15ClFNO4. The number of carbonyl (C=O) groups is 1. The van der Waals surface area contributed by atoms with Crippen LogP contribution in [0.4, 0.5) is 4.39 Å². The lowest BCUT2D eigenvalue weighted by Crippen LogP contribution is -2.18. The Kier molecular flexibility index (Phi) is 4.35. The van der Waals surface area contributed by atoms with E-state index in [4.69, 9.17) is 26.2 Å². The molecule has 0 amide bonds. The molecule has 0 radical (unpaired) electrons. The first-order valence-corrected chi connectivity index (χ1v) is 6.43. The first-order chi connectivity index (χ1) is 9.49. The highest BCUT2D eigenvalue weighted by Crippen LogP contribution is 2.44. The van der Waals surface area contributed by atoms with Gasteiger partial charge in [0, 0.05) is 24.2 Å². The van der Waals surface area contributed by atoms with Gasteiger partial charge < -0.3 is 19.9 Å². The molecule has 5 nitrogen and oxygen atoms in total. The Labute approximate surface area is 120 Å². The average molecular weight is 304 g/mol. The van der Waals surface area contributed by atoms with Gasteiger partial charge in [0.15, 0.2) is 11.5 Å². The zero-order valence-electron chi connectivity index (χ0n) is 11.1. The quantitative estimate of drug-likeness (QED) is 0.893. The van der Waals surface area contributed by atoms with E-state index in [0.717, 1.165) is 6.07 Å². The molecule has 2 N–H and O–H groups in total. The van der Waals surface area contributed by atoms with Gasteiger partial charge >= 0.3 is 5.97 Å². The molecule has 0 aromatic heterocycles. The Morgan fingerprint density at radius 1 is 1.50 bits per heavy atom. The van der Waals surface area contributed by atoms with Crippen LogP contribution in [-0.2, 0) is 4.79 Å². The number of halogens is 2. The van der Waals surface area contributed by atoms with Crippen molar-refractivity contribution in [3.63, 3.8) is 0 Å². The summed E-state index contributed by atoms with van der Waals surface area (Å²) in [5, 5.41) is 12.0. The minimum absolute atomic E-state index is 0.0776. The predicted octanol–water partition coefficient (Wildman–Crippen LogP) is 2.23. The van der Waals surface area contributed by atoms with E-state index in [9.17, 15) is 9.18 Å². The molecule has 1 aromatic carbocycles. The summed E-state index contributed by atoms with van der Waals surface area (Å²) < 4.78 is 24.2. The van der Waals surface area contributed by atoms with E-state index in [1.54, 1.807) is 0 Å². The molecule has 2 unspecified atom stereocenters. The van der Waals surface area contributed by atoms with E-state index in [1.807, 2.05) is 0 Å². The maximum atomic E-state index is 13.8. The first kappa shape index (κ1) is 14.9. The number of rotatable bonds is 4. The fourth-order valence-electron chi connectivity index (χ4n) is 2.42. The lowest BCUT2D eigenvalue weighted by atomic mass is 9.98. The van der Waals surface area contributed by atoms with Crippen LogP contribution in [0.1, 0.15) is 18.0 Å². The normalized spacial score (nSPS) is 21.8. The fraction of sp³-hybridized carbons (Fsp3) is 0.462. The number of hydrogen-bond donors (Lipinski definition) is 2. The van der Waals surface area contributed by atoms with Crippen molar-refractivity contribution in [1.29, 1.82) is 0 Å². The van der Waals surface area contributed by atoms with Crippen molar-refractivity contribution in [2.45, 2.75) is 12.5 Å². The fourth-order valence-corrected chi connectivity index (χ4v) is 2.69. The van der Waals surface area contributed by atoms with E-state index in [0.29, 0.717) is 24.3 Å². The van der Waals surface area contributed by atoms with E-state index < -0.39 is 17.7 Å². The van der Waals surface area contributed by atoms with Gasteiger partial charge in [-0.15, -0.1) is 0 Å². The Morgan fingerprint density at radius 2 is 2.20 bits per heavy atom. The molecule has 0 aliphatic carbocycles. The molecule has 20 heavy (non-hydrogen) atoms. The standard InChI is InChI=1S/C13H15ClFNO4/c1-19-9-4-7(15)11(14)10(12(9)20-2)8-3-6(5-16-8)13(17)18/h4,6,8,16H,3,5H2,1-2H3,(H,17,18). The summed E-state index contributed by atoms with van der Waals surface area (Å²) in [4.78, 5) is 11.0. The minimum Gasteiger partial charge on any atom is -0.493 e. The van der Waals surface area contributed by atoms with Crippen molar-refractivity contribution in [2.75, 3.05) is 20.8 Å². The zero-order chi connectivity index (χ0) is 14.9. The van der Waals surface area contributed by atoms with E-state index >= 15 is 0 Å². The predicted molar refractivity (Wildman–Crippen MR) is 71.0 cm³/mol. The first-order valence-electron chi connectivity index (χ1n) is 6.05. The Balaban J connectivity index is 2.45.